The molecule has 1 aliphatic carbocycles. The van der Waals surface area contributed by atoms with Gasteiger partial charge in [0.25, 0.3) is 0 Å². The van der Waals surface area contributed by atoms with E-state index >= 15 is 0 Å². The molecule has 1 N–H and O–H groups in total. The van der Waals surface area contributed by atoms with Crippen LogP contribution < -0.4 is 4.72 Å². The standard InChI is InChI=1S/C16H22N2O2S/c1-13-4-2-3-5-16(13)11-18-21(19,20)12-15-8-6-14(10-17)7-9-15/h6-9,13,16,18H,2-5,11-12H2,1H3. The van der Waals surface area contributed by atoms with Crippen molar-refractivity contribution in [3.05, 3.63) is 35.4 Å². The molecule has 1 aromatic carbocycles. The molecule has 2 atom stereocenters. The fourth-order valence-electron chi connectivity index (χ4n) is 2.88. The van der Waals surface area contributed by atoms with Crippen LogP contribution in [0.2, 0.25) is 0 Å². The van der Waals surface area contributed by atoms with Gasteiger partial charge in [-0.3, -0.25) is 0 Å². The van der Waals surface area contributed by atoms with Gasteiger partial charge in [0.15, 0.2) is 0 Å². The number of sulfonamides is 1. The molecule has 1 saturated carbocycles. The van der Waals surface area contributed by atoms with Crippen LogP contribution in [0.4, 0.5) is 0 Å². The summed E-state index contributed by atoms with van der Waals surface area (Å²) in [6.07, 6.45) is 4.77. The number of hydrogen-bond acceptors (Lipinski definition) is 3. The average molecular weight is 306 g/mol. The number of hydrogen-bond donors (Lipinski definition) is 1. The summed E-state index contributed by atoms with van der Waals surface area (Å²) in [5.41, 5.74) is 1.25. The van der Waals surface area contributed by atoms with Gasteiger partial charge < -0.3 is 0 Å². The topological polar surface area (TPSA) is 70.0 Å². The molecule has 4 nitrogen and oxygen atoms in total. The third-order valence-electron chi connectivity index (χ3n) is 4.29. The zero-order valence-corrected chi connectivity index (χ0v) is 13.2. The molecule has 5 heteroatoms. The highest BCUT2D eigenvalue weighted by Gasteiger charge is 2.23. The summed E-state index contributed by atoms with van der Waals surface area (Å²) in [5.74, 6) is 1.02. The second kappa shape index (κ2) is 7.06. The molecule has 0 aromatic heterocycles. The van der Waals surface area contributed by atoms with Crippen LogP contribution in [0.3, 0.4) is 0 Å². The van der Waals surface area contributed by atoms with Crippen molar-refractivity contribution in [2.24, 2.45) is 11.8 Å². The Kier molecular flexibility index (Phi) is 5.38. The lowest BCUT2D eigenvalue weighted by Gasteiger charge is -2.28. The number of benzene rings is 1. The third kappa shape index (κ3) is 4.83. The SMILES string of the molecule is CC1CCCCC1CNS(=O)(=O)Cc1ccc(C#N)cc1. The number of nitriles is 1. The molecule has 0 heterocycles. The Hall–Kier alpha value is -1.38. The molecule has 1 aromatic rings. The minimum absolute atomic E-state index is 0.0280. The molecule has 114 valence electrons. The van der Waals surface area contributed by atoms with E-state index in [1.165, 1.54) is 19.3 Å². The van der Waals surface area contributed by atoms with Gasteiger partial charge in [0.1, 0.15) is 0 Å². The minimum atomic E-state index is -3.31. The average Bonchev–Trinajstić information content (AvgIpc) is 2.47. The highest BCUT2D eigenvalue weighted by atomic mass is 32.2. The molecule has 1 fully saturated rings. The summed E-state index contributed by atoms with van der Waals surface area (Å²) in [7, 11) is -3.31. The summed E-state index contributed by atoms with van der Waals surface area (Å²) >= 11 is 0. The van der Waals surface area contributed by atoms with Crippen LogP contribution in [-0.2, 0) is 15.8 Å². The summed E-state index contributed by atoms with van der Waals surface area (Å²) in [6.45, 7) is 2.75. The van der Waals surface area contributed by atoms with Crippen LogP contribution in [0.5, 0.6) is 0 Å². The first-order valence-corrected chi connectivity index (χ1v) is 9.12. The maximum Gasteiger partial charge on any atom is 0.215 e. The monoisotopic (exact) mass is 306 g/mol. The van der Waals surface area contributed by atoms with E-state index in [2.05, 4.69) is 11.6 Å². The highest BCUT2D eigenvalue weighted by molar-refractivity contribution is 7.88. The van der Waals surface area contributed by atoms with E-state index in [-0.39, 0.29) is 5.75 Å². The molecule has 0 saturated heterocycles. The number of nitrogens with one attached hydrogen (secondary N) is 1. The summed E-state index contributed by atoms with van der Waals surface area (Å²) in [4.78, 5) is 0. The van der Waals surface area contributed by atoms with Gasteiger partial charge in [-0.1, -0.05) is 38.3 Å². The van der Waals surface area contributed by atoms with Crippen LogP contribution in [0.1, 0.15) is 43.7 Å². The van der Waals surface area contributed by atoms with E-state index in [0.29, 0.717) is 29.5 Å². The predicted molar refractivity (Wildman–Crippen MR) is 82.9 cm³/mol. The Morgan fingerprint density at radius 2 is 1.90 bits per heavy atom. The van der Waals surface area contributed by atoms with Gasteiger partial charge in [0.05, 0.1) is 17.4 Å². The van der Waals surface area contributed by atoms with Crippen molar-refractivity contribution in [3.8, 4) is 6.07 Å². The lowest BCUT2D eigenvalue weighted by Crippen LogP contribution is -2.34. The van der Waals surface area contributed by atoms with E-state index in [4.69, 9.17) is 5.26 Å². The van der Waals surface area contributed by atoms with Gasteiger partial charge in [-0.25, -0.2) is 13.1 Å². The van der Waals surface area contributed by atoms with Crippen LogP contribution in [-0.4, -0.2) is 15.0 Å². The molecule has 0 radical (unpaired) electrons. The second-order valence-corrected chi connectivity index (χ2v) is 7.74. The molecular weight excluding hydrogens is 284 g/mol. The van der Waals surface area contributed by atoms with Crippen LogP contribution in [0.25, 0.3) is 0 Å². The van der Waals surface area contributed by atoms with Gasteiger partial charge in [0, 0.05) is 6.54 Å². The highest BCUT2D eigenvalue weighted by Crippen LogP contribution is 2.29. The largest absolute Gasteiger partial charge is 0.215 e. The van der Waals surface area contributed by atoms with Gasteiger partial charge in [0.2, 0.25) is 10.0 Å². The normalized spacial score (nSPS) is 22.7. The van der Waals surface area contributed by atoms with Crippen molar-refractivity contribution in [2.45, 2.75) is 38.4 Å². The van der Waals surface area contributed by atoms with Crippen molar-refractivity contribution in [2.75, 3.05) is 6.54 Å². The van der Waals surface area contributed by atoms with Gasteiger partial charge >= 0.3 is 0 Å². The lowest BCUT2D eigenvalue weighted by molar-refractivity contribution is 0.257. The number of rotatable bonds is 5. The molecule has 0 amide bonds. The van der Waals surface area contributed by atoms with Gasteiger partial charge in [-0.2, -0.15) is 5.26 Å². The van der Waals surface area contributed by atoms with E-state index < -0.39 is 10.0 Å². The Labute approximate surface area is 127 Å². The molecular formula is C16H22N2O2S. The molecule has 21 heavy (non-hydrogen) atoms. The van der Waals surface area contributed by atoms with E-state index in [9.17, 15) is 8.42 Å². The first kappa shape index (κ1) is 16.0. The molecule has 0 aliphatic heterocycles. The van der Waals surface area contributed by atoms with Crippen molar-refractivity contribution >= 4 is 10.0 Å². The zero-order chi connectivity index (χ0) is 15.3. The molecule has 1 aliphatic rings. The van der Waals surface area contributed by atoms with E-state index in [0.717, 1.165) is 6.42 Å². The Balaban J connectivity index is 1.90. The van der Waals surface area contributed by atoms with Crippen molar-refractivity contribution in [3.63, 3.8) is 0 Å². The molecule has 2 rings (SSSR count). The van der Waals surface area contributed by atoms with Crippen LogP contribution in [0, 0.1) is 23.2 Å². The van der Waals surface area contributed by atoms with Crippen LogP contribution in [0.15, 0.2) is 24.3 Å². The maximum atomic E-state index is 12.1. The Bertz CT molecular complexity index is 602. The minimum Gasteiger partial charge on any atom is -0.215 e. The predicted octanol–water partition coefficient (Wildman–Crippen LogP) is 2.80. The van der Waals surface area contributed by atoms with Crippen molar-refractivity contribution in [1.82, 2.24) is 4.72 Å². The van der Waals surface area contributed by atoms with Crippen molar-refractivity contribution < 1.29 is 8.42 Å². The smallest absolute Gasteiger partial charge is 0.215 e. The fourth-order valence-corrected chi connectivity index (χ4v) is 4.08. The first-order valence-electron chi connectivity index (χ1n) is 7.46. The Morgan fingerprint density at radius 1 is 1.24 bits per heavy atom. The van der Waals surface area contributed by atoms with Gasteiger partial charge in [-0.05, 0) is 36.0 Å². The quantitative estimate of drug-likeness (QED) is 0.909. The first-order chi connectivity index (χ1) is 10.00. The van der Waals surface area contributed by atoms with Gasteiger partial charge in [-0.15, -0.1) is 0 Å². The summed E-state index contributed by atoms with van der Waals surface area (Å²) < 4.78 is 27.0. The molecule has 0 spiro atoms. The summed E-state index contributed by atoms with van der Waals surface area (Å²) in [6, 6.07) is 8.71. The van der Waals surface area contributed by atoms with E-state index in [1.54, 1.807) is 24.3 Å². The molecule has 2 unspecified atom stereocenters. The van der Waals surface area contributed by atoms with Crippen molar-refractivity contribution in [1.29, 1.82) is 5.26 Å². The fraction of sp³-hybridized carbons (Fsp3) is 0.562. The summed E-state index contributed by atoms with van der Waals surface area (Å²) in [5, 5.41) is 8.73. The zero-order valence-electron chi connectivity index (χ0n) is 12.4. The second-order valence-electron chi connectivity index (χ2n) is 5.94. The number of nitrogens with zero attached hydrogens (tertiary/aromatic N) is 1. The lowest BCUT2D eigenvalue weighted by atomic mass is 9.81. The third-order valence-corrected chi connectivity index (χ3v) is 5.61. The molecule has 0 bridgehead atoms. The Morgan fingerprint density at radius 3 is 2.52 bits per heavy atom. The van der Waals surface area contributed by atoms with Crippen LogP contribution >= 0.6 is 0 Å². The maximum absolute atomic E-state index is 12.1. The van der Waals surface area contributed by atoms with E-state index in [1.807, 2.05) is 6.07 Å².